The van der Waals surface area contributed by atoms with Crippen LogP contribution in [0.1, 0.15) is 42.1 Å². The molecular formula is C14H17N3O2. The summed E-state index contributed by atoms with van der Waals surface area (Å²) < 4.78 is 0. The normalized spacial score (nSPS) is 12.3. The Morgan fingerprint density at radius 1 is 1.42 bits per heavy atom. The Hall–Kier alpha value is -2.30. The van der Waals surface area contributed by atoms with Crippen LogP contribution in [-0.2, 0) is 0 Å². The van der Waals surface area contributed by atoms with E-state index in [2.05, 4.69) is 24.0 Å². The van der Waals surface area contributed by atoms with Crippen LogP contribution in [0.4, 0.5) is 5.82 Å². The van der Waals surface area contributed by atoms with E-state index in [0.29, 0.717) is 11.6 Å². The smallest absolute Gasteiger partial charge is 0.341 e. The number of aromatic amines is 1. The van der Waals surface area contributed by atoms with Crippen LogP contribution in [0.5, 0.6) is 0 Å². The van der Waals surface area contributed by atoms with E-state index in [-0.39, 0.29) is 11.4 Å². The Labute approximate surface area is 111 Å². The van der Waals surface area contributed by atoms with Gasteiger partial charge in [0, 0.05) is 5.56 Å². The first-order chi connectivity index (χ1) is 9.04. The maximum absolute atomic E-state index is 11.2. The highest BCUT2D eigenvalue weighted by Gasteiger charge is 2.19. The van der Waals surface area contributed by atoms with Crippen LogP contribution in [0.25, 0.3) is 11.3 Å². The molecule has 1 aromatic heterocycles. The standard InChI is InChI=1S/C14H17N3O2/c1-3-8(2)9-4-6-10(7-5-9)12-11(14(18)19)13(15)17-16-12/h4-8H,3H2,1-2H3,(H,18,19)(H3,15,16,17). The molecule has 1 heterocycles. The average molecular weight is 259 g/mol. The molecule has 1 unspecified atom stereocenters. The number of H-pyrrole nitrogens is 1. The van der Waals surface area contributed by atoms with E-state index in [1.54, 1.807) is 0 Å². The van der Waals surface area contributed by atoms with E-state index in [4.69, 9.17) is 10.8 Å². The first-order valence-corrected chi connectivity index (χ1v) is 6.22. The quantitative estimate of drug-likeness (QED) is 0.787. The molecule has 1 atom stereocenters. The molecule has 4 N–H and O–H groups in total. The van der Waals surface area contributed by atoms with Gasteiger partial charge in [0.2, 0.25) is 0 Å². The van der Waals surface area contributed by atoms with Crippen molar-refractivity contribution in [3.8, 4) is 11.3 Å². The van der Waals surface area contributed by atoms with Gasteiger partial charge in [-0.05, 0) is 17.9 Å². The van der Waals surface area contributed by atoms with Crippen molar-refractivity contribution in [3.05, 3.63) is 35.4 Å². The van der Waals surface area contributed by atoms with Gasteiger partial charge in [-0.1, -0.05) is 38.1 Å². The number of nitrogens with one attached hydrogen (secondary N) is 1. The van der Waals surface area contributed by atoms with Crippen LogP contribution in [0.15, 0.2) is 24.3 Å². The summed E-state index contributed by atoms with van der Waals surface area (Å²) >= 11 is 0. The van der Waals surface area contributed by atoms with E-state index in [1.807, 2.05) is 24.3 Å². The number of nitrogens with two attached hydrogens (primary N) is 1. The number of nitrogen functional groups attached to an aromatic ring is 1. The summed E-state index contributed by atoms with van der Waals surface area (Å²) in [5.74, 6) is -0.583. The fraction of sp³-hybridized carbons (Fsp3) is 0.286. The van der Waals surface area contributed by atoms with Crippen molar-refractivity contribution in [2.45, 2.75) is 26.2 Å². The largest absolute Gasteiger partial charge is 0.477 e. The molecule has 2 aromatic rings. The molecule has 0 spiro atoms. The Kier molecular flexibility index (Phi) is 3.55. The first-order valence-electron chi connectivity index (χ1n) is 6.22. The van der Waals surface area contributed by atoms with Gasteiger partial charge in [0.25, 0.3) is 0 Å². The molecule has 19 heavy (non-hydrogen) atoms. The van der Waals surface area contributed by atoms with E-state index >= 15 is 0 Å². The number of hydrogen-bond donors (Lipinski definition) is 3. The number of hydrogen-bond acceptors (Lipinski definition) is 3. The van der Waals surface area contributed by atoms with Gasteiger partial charge in [-0.15, -0.1) is 0 Å². The maximum atomic E-state index is 11.2. The number of carboxylic acid groups (broad SMARTS) is 1. The summed E-state index contributed by atoms with van der Waals surface area (Å²) in [4.78, 5) is 11.2. The summed E-state index contributed by atoms with van der Waals surface area (Å²) in [6.45, 7) is 4.29. The van der Waals surface area contributed by atoms with E-state index in [9.17, 15) is 4.79 Å². The lowest BCUT2D eigenvalue weighted by molar-refractivity contribution is 0.0699. The van der Waals surface area contributed by atoms with Crippen LogP contribution in [-0.4, -0.2) is 21.3 Å². The van der Waals surface area contributed by atoms with E-state index in [1.165, 1.54) is 5.56 Å². The van der Waals surface area contributed by atoms with Gasteiger partial charge in [0.15, 0.2) is 5.82 Å². The predicted octanol–water partition coefficient (Wildman–Crippen LogP) is 2.87. The molecule has 0 fully saturated rings. The summed E-state index contributed by atoms with van der Waals surface area (Å²) in [6, 6.07) is 7.79. The average Bonchev–Trinajstić information content (AvgIpc) is 2.80. The Balaban J connectivity index is 2.40. The summed E-state index contributed by atoms with van der Waals surface area (Å²) in [7, 11) is 0. The van der Waals surface area contributed by atoms with E-state index < -0.39 is 5.97 Å². The highest BCUT2D eigenvalue weighted by molar-refractivity contribution is 5.99. The number of aromatic carboxylic acids is 1. The minimum atomic E-state index is -1.08. The lowest BCUT2D eigenvalue weighted by atomic mass is 9.96. The third kappa shape index (κ3) is 2.45. The van der Waals surface area contributed by atoms with Crippen molar-refractivity contribution >= 4 is 11.8 Å². The number of rotatable bonds is 4. The number of benzene rings is 1. The number of carboxylic acids is 1. The van der Waals surface area contributed by atoms with Crippen molar-refractivity contribution in [2.75, 3.05) is 5.73 Å². The van der Waals surface area contributed by atoms with E-state index in [0.717, 1.165) is 12.0 Å². The highest BCUT2D eigenvalue weighted by atomic mass is 16.4. The summed E-state index contributed by atoms with van der Waals surface area (Å²) in [5.41, 5.74) is 8.03. The van der Waals surface area contributed by atoms with Crippen LogP contribution in [0, 0.1) is 0 Å². The molecule has 5 nitrogen and oxygen atoms in total. The third-order valence-corrected chi connectivity index (χ3v) is 3.39. The Morgan fingerprint density at radius 3 is 2.58 bits per heavy atom. The molecule has 0 aliphatic carbocycles. The number of aromatic nitrogens is 2. The fourth-order valence-electron chi connectivity index (χ4n) is 2.00. The minimum absolute atomic E-state index is 0.00787. The number of anilines is 1. The van der Waals surface area contributed by atoms with Gasteiger partial charge in [-0.25, -0.2) is 4.79 Å². The van der Waals surface area contributed by atoms with Crippen LogP contribution in [0.3, 0.4) is 0 Å². The van der Waals surface area contributed by atoms with Gasteiger partial charge < -0.3 is 10.8 Å². The minimum Gasteiger partial charge on any atom is -0.477 e. The topological polar surface area (TPSA) is 92.0 Å². The first kappa shape index (κ1) is 13.1. The maximum Gasteiger partial charge on any atom is 0.341 e. The molecule has 100 valence electrons. The second kappa shape index (κ2) is 5.14. The van der Waals surface area contributed by atoms with Crippen LogP contribution in [0.2, 0.25) is 0 Å². The molecule has 0 aliphatic rings. The van der Waals surface area contributed by atoms with Crippen molar-refractivity contribution in [1.82, 2.24) is 10.2 Å². The van der Waals surface area contributed by atoms with Gasteiger partial charge in [0.05, 0.1) is 5.69 Å². The molecule has 0 aliphatic heterocycles. The van der Waals surface area contributed by atoms with Gasteiger partial charge >= 0.3 is 5.97 Å². The van der Waals surface area contributed by atoms with Crippen molar-refractivity contribution < 1.29 is 9.90 Å². The fourth-order valence-corrected chi connectivity index (χ4v) is 2.00. The zero-order chi connectivity index (χ0) is 14.0. The molecule has 0 saturated carbocycles. The Bertz CT molecular complexity index is 587. The van der Waals surface area contributed by atoms with Crippen LogP contribution >= 0.6 is 0 Å². The lowest BCUT2D eigenvalue weighted by Crippen LogP contribution is -2.01. The third-order valence-electron chi connectivity index (χ3n) is 3.39. The SMILES string of the molecule is CCC(C)c1ccc(-c2[nH]nc(N)c2C(=O)O)cc1. The molecule has 0 radical (unpaired) electrons. The molecule has 1 aromatic carbocycles. The monoisotopic (exact) mass is 259 g/mol. The van der Waals surface area contributed by atoms with Crippen molar-refractivity contribution in [2.24, 2.45) is 0 Å². The second-order valence-electron chi connectivity index (χ2n) is 4.60. The van der Waals surface area contributed by atoms with Crippen molar-refractivity contribution in [3.63, 3.8) is 0 Å². The highest BCUT2D eigenvalue weighted by Crippen LogP contribution is 2.27. The molecule has 5 heteroatoms. The van der Waals surface area contributed by atoms with Crippen LogP contribution < -0.4 is 5.73 Å². The van der Waals surface area contributed by atoms with Crippen molar-refractivity contribution in [1.29, 1.82) is 0 Å². The molecule has 0 amide bonds. The number of carbonyl (C=O) groups is 1. The molecule has 2 rings (SSSR count). The zero-order valence-corrected chi connectivity index (χ0v) is 11.0. The Morgan fingerprint density at radius 2 is 2.05 bits per heavy atom. The summed E-state index contributed by atoms with van der Waals surface area (Å²) in [6.07, 6.45) is 1.07. The lowest BCUT2D eigenvalue weighted by Gasteiger charge is -2.09. The van der Waals surface area contributed by atoms with Gasteiger partial charge in [-0.3, -0.25) is 5.10 Å². The molecule has 0 bridgehead atoms. The second-order valence-corrected chi connectivity index (χ2v) is 4.60. The molecular weight excluding hydrogens is 242 g/mol. The van der Waals surface area contributed by atoms with Gasteiger partial charge in [0.1, 0.15) is 5.56 Å². The number of nitrogens with zero attached hydrogens (tertiary/aromatic N) is 1. The zero-order valence-electron chi connectivity index (χ0n) is 11.0. The molecule has 0 saturated heterocycles. The summed E-state index contributed by atoms with van der Waals surface area (Å²) in [5, 5.41) is 15.6. The van der Waals surface area contributed by atoms with Gasteiger partial charge in [-0.2, -0.15) is 5.10 Å². The predicted molar refractivity (Wildman–Crippen MR) is 74.1 cm³/mol.